The average molecular weight is 469 g/mol. The topological polar surface area (TPSA) is 60.6 Å². The van der Waals surface area contributed by atoms with Crippen LogP contribution in [0.15, 0.2) is 47.3 Å². The molecule has 0 spiro atoms. The number of fused-ring (bicyclic) bond motifs is 1. The molecular weight excluding hydrogens is 439 g/mol. The van der Waals surface area contributed by atoms with Crippen molar-refractivity contribution in [2.75, 3.05) is 44.7 Å². The zero-order valence-corrected chi connectivity index (χ0v) is 19.8. The van der Waals surface area contributed by atoms with Crippen LogP contribution in [0.3, 0.4) is 0 Å². The number of hydrogen-bond acceptors (Lipinski definition) is 4. The highest BCUT2D eigenvalue weighted by molar-refractivity contribution is 7.80. The smallest absolute Gasteiger partial charge is 0.253 e. The first-order valence-corrected chi connectivity index (χ1v) is 11.6. The third kappa shape index (κ3) is 5.76. The second-order valence-electron chi connectivity index (χ2n) is 8.42. The van der Waals surface area contributed by atoms with Gasteiger partial charge in [-0.25, -0.2) is 4.39 Å². The highest BCUT2D eigenvalue weighted by atomic mass is 32.1. The summed E-state index contributed by atoms with van der Waals surface area (Å²) in [5.74, 6) is -0.302. The number of rotatable bonds is 6. The Morgan fingerprint density at radius 2 is 1.85 bits per heavy atom. The number of H-pyrrole nitrogens is 1. The Kier molecular flexibility index (Phi) is 7.37. The maximum Gasteiger partial charge on any atom is 0.253 e. The monoisotopic (exact) mass is 468 g/mol. The SMILES string of the molecule is Cc1ccc(C)c2[nH]c(=O)c(CN(CCN3CCOCC3)C(=S)Nc3ccc(F)cc3)cc12. The number of aryl methyl sites for hydroxylation is 2. The standard InChI is InChI=1S/C25H29FN4O2S/c1-17-3-4-18(2)23-22(17)15-19(24(31)28-23)16-30(10-9-29-11-13-32-14-12-29)25(33)27-21-7-5-20(26)6-8-21/h3-8,15H,9-14,16H2,1-2H3,(H,27,33)(H,28,31). The summed E-state index contributed by atoms with van der Waals surface area (Å²) in [6, 6.07) is 12.1. The highest BCUT2D eigenvalue weighted by Crippen LogP contribution is 2.20. The number of hydrogen-bond donors (Lipinski definition) is 2. The van der Waals surface area contributed by atoms with Crippen molar-refractivity contribution in [3.63, 3.8) is 0 Å². The van der Waals surface area contributed by atoms with Gasteiger partial charge in [-0.1, -0.05) is 12.1 Å². The number of nitrogens with one attached hydrogen (secondary N) is 2. The number of aromatic nitrogens is 1. The summed E-state index contributed by atoms with van der Waals surface area (Å²) < 4.78 is 18.8. The van der Waals surface area contributed by atoms with Crippen molar-refractivity contribution in [2.24, 2.45) is 0 Å². The highest BCUT2D eigenvalue weighted by Gasteiger charge is 2.17. The molecule has 0 atom stereocenters. The lowest BCUT2D eigenvalue weighted by molar-refractivity contribution is 0.0358. The Morgan fingerprint density at radius 1 is 1.15 bits per heavy atom. The Balaban J connectivity index is 1.58. The van der Waals surface area contributed by atoms with Crippen molar-refractivity contribution in [3.05, 3.63) is 75.3 Å². The van der Waals surface area contributed by atoms with E-state index in [1.165, 1.54) is 12.1 Å². The second kappa shape index (κ2) is 10.4. The number of aromatic amines is 1. The molecule has 0 bridgehead atoms. The van der Waals surface area contributed by atoms with Crippen LogP contribution in [0, 0.1) is 19.7 Å². The first kappa shape index (κ1) is 23.4. The predicted octanol–water partition coefficient (Wildman–Crippen LogP) is 3.82. The molecule has 6 nitrogen and oxygen atoms in total. The number of thiocarbonyl (C=S) groups is 1. The average Bonchev–Trinajstić information content (AvgIpc) is 2.82. The first-order chi connectivity index (χ1) is 15.9. The lowest BCUT2D eigenvalue weighted by Crippen LogP contribution is -2.44. The molecule has 0 unspecified atom stereocenters. The number of pyridine rings is 1. The summed E-state index contributed by atoms with van der Waals surface area (Å²) in [5.41, 5.74) is 4.27. The second-order valence-corrected chi connectivity index (χ2v) is 8.81. The quantitative estimate of drug-likeness (QED) is 0.537. The maximum atomic E-state index is 13.3. The van der Waals surface area contributed by atoms with E-state index < -0.39 is 0 Å². The van der Waals surface area contributed by atoms with Gasteiger partial charge in [0, 0.05) is 42.8 Å². The van der Waals surface area contributed by atoms with Gasteiger partial charge in [0.1, 0.15) is 5.82 Å². The lowest BCUT2D eigenvalue weighted by atomic mass is 10.0. The lowest BCUT2D eigenvalue weighted by Gasteiger charge is -2.31. The van der Waals surface area contributed by atoms with E-state index in [0.29, 0.717) is 29.5 Å². The van der Waals surface area contributed by atoms with Crippen LogP contribution in [0.1, 0.15) is 16.7 Å². The van der Waals surface area contributed by atoms with Gasteiger partial charge in [-0.2, -0.15) is 0 Å². The molecule has 0 radical (unpaired) electrons. The fourth-order valence-electron chi connectivity index (χ4n) is 4.02. The summed E-state index contributed by atoms with van der Waals surface area (Å²) >= 11 is 5.71. The van der Waals surface area contributed by atoms with Crippen LogP contribution in [0.5, 0.6) is 0 Å². The van der Waals surface area contributed by atoms with E-state index in [9.17, 15) is 9.18 Å². The van der Waals surface area contributed by atoms with Gasteiger partial charge in [0.15, 0.2) is 5.11 Å². The van der Waals surface area contributed by atoms with E-state index in [2.05, 4.69) is 21.3 Å². The van der Waals surface area contributed by atoms with Gasteiger partial charge in [0.05, 0.1) is 25.3 Å². The molecule has 3 aromatic rings. The molecule has 0 aliphatic carbocycles. The van der Waals surface area contributed by atoms with Crippen molar-refractivity contribution in [1.82, 2.24) is 14.8 Å². The van der Waals surface area contributed by atoms with Gasteiger partial charge in [0.2, 0.25) is 0 Å². The molecule has 33 heavy (non-hydrogen) atoms. The summed E-state index contributed by atoms with van der Waals surface area (Å²) in [6.45, 7) is 9.06. The van der Waals surface area contributed by atoms with Gasteiger partial charge in [0.25, 0.3) is 5.56 Å². The third-order valence-corrected chi connectivity index (χ3v) is 6.41. The zero-order chi connectivity index (χ0) is 23.4. The van der Waals surface area contributed by atoms with E-state index in [4.69, 9.17) is 17.0 Å². The minimum absolute atomic E-state index is 0.114. The normalized spacial score (nSPS) is 14.4. The van der Waals surface area contributed by atoms with E-state index in [-0.39, 0.29) is 11.4 Å². The van der Waals surface area contributed by atoms with E-state index in [1.807, 2.05) is 30.9 Å². The third-order valence-electron chi connectivity index (χ3n) is 6.05. The first-order valence-electron chi connectivity index (χ1n) is 11.1. The number of anilines is 1. The van der Waals surface area contributed by atoms with Crippen LogP contribution in [0.25, 0.3) is 10.9 Å². The summed E-state index contributed by atoms with van der Waals surface area (Å²) in [5, 5.41) is 4.72. The van der Waals surface area contributed by atoms with E-state index >= 15 is 0 Å². The molecular formula is C25H29FN4O2S. The molecule has 2 N–H and O–H groups in total. The molecule has 0 amide bonds. The van der Waals surface area contributed by atoms with Gasteiger partial charge in [-0.05, 0) is 67.5 Å². The summed E-state index contributed by atoms with van der Waals surface area (Å²) in [7, 11) is 0. The van der Waals surface area contributed by atoms with Gasteiger partial charge in [-0.15, -0.1) is 0 Å². The van der Waals surface area contributed by atoms with Crippen LogP contribution < -0.4 is 10.9 Å². The van der Waals surface area contributed by atoms with Crippen molar-refractivity contribution < 1.29 is 9.13 Å². The van der Waals surface area contributed by atoms with Gasteiger partial charge < -0.3 is 19.9 Å². The molecule has 174 valence electrons. The maximum absolute atomic E-state index is 13.3. The Bertz CT molecular complexity index is 1190. The molecule has 1 aliphatic rings. The fourth-order valence-corrected chi connectivity index (χ4v) is 4.29. The Labute approximate surface area is 198 Å². The number of nitrogens with zero attached hydrogens (tertiary/aromatic N) is 2. The predicted molar refractivity (Wildman–Crippen MR) is 134 cm³/mol. The van der Waals surface area contributed by atoms with Gasteiger partial charge in [-0.3, -0.25) is 9.69 Å². The van der Waals surface area contributed by atoms with Crippen LogP contribution in [0.4, 0.5) is 10.1 Å². The summed E-state index contributed by atoms with van der Waals surface area (Å²) in [4.78, 5) is 20.3. The zero-order valence-electron chi connectivity index (χ0n) is 19.0. The minimum atomic E-state index is -0.302. The van der Waals surface area contributed by atoms with Crippen molar-refractivity contribution in [3.8, 4) is 0 Å². The Hall–Kier alpha value is -2.81. The van der Waals surface area contributed by atoms with E-state index in [1.54, 1.807) is 12.1 Å². The number of morpholine rings is 1. The minimum Gasteiger partial charge on any atom is -0.379 e. The van der Waals surface area contributed by atoms with Crippen LogP contribution >= 0.6 is 12.2 Å². The molecule has 1 aliphatic heterocycles. The van der Waals surface area contributed by atoms with Crippen LogP contribution in [-0.4, -0.2) is 59.3 Å². The summed E-state index contributed by atoms with van der Waals surface area (Å²) in [6.07, 6.45) is 0. The Morgan fingerprint density at radius 3 is 2.58 bits per heavy atom. The molecule has 0 saturated carbocycles. The molecule has 2 heterocycles. The van der Waals surface area contributed by atoms with Crippen molar-refractivity contribution >= 4 is 33.9 Å². The van der Waals surface area contributed by atoms with Gasteiger partial charge >= 0.3 is 0 Å². The molecule has 2 aromatic carbocycles. The van der Waals surface area contributed by atoms with Crippen molar-refractivity contribution in [2.45, 2.75) is 20.4 Å². The molecule has 1 saturated heterocycles. The molecule has 4 rings (SSSR count). The fraction of sp³-hybridized carbons (Fsp3) is 0.360. The molecule has 8 heteroatoms. The van der Waals surface area contributed by atoms with Crippen LogP contribution in [0.2, 0.25) is 0 Å². The number of benzene rings is 2. The molecule has 1 aromatic heterocycles. The molecule has 1 fully saturated rings. The number of halogens is 1. The van der Waals surface area contributed by atoms with Crippen LogP contribution in [-0.2, 0) is 11.3 Å². The largest absolute Gasteiger partial charge is 0.379 e. The number of ether oxygens (including phenoxy) is 1. The van der Waals surface area contributed by atoms with Crippen molar-refractivity contribution in [1.29, 1.82) is 0 Å². The van der Waals surface area contributed by atoms with E-state index in [0.717, 1.165) is 54.9 Å².